The van der Waals surface area contributed by atoms with Crippen molar-refractivity contribution in [2.24, 2.45) is 0 Å². The molecule has 1 aliphatic carbocycles. The van der Waals surface area contributed by atoms with Gasteiger partial charge in [-0.15, -0.1) is 0 Å². The zero-order chi connectivity index (χ0) is 15.0. The Labute approximate surface area is 124 Å². The lowest BCUT2D eigenvalue weighted by atomic mass is 9.80. The lowest BCUT2D eigenvalue weighted by Crippen LogP contribution is -2.34. The molecule has 0 radical (unpaired) electrons. The van der Waals surface area contributed by atoms with Crippen LogP contribution in [0, 0.1) is 6.92 Å². The zero-order valence-corrected chi connectivity index (χ0v) is 12.5. The van der Waals surface area contributed by atoms with Gasteiger partial charge in [0.25, 0.3) is 0 Å². The summed E-state index contributed by atoms with van der Waals surface area (Å²) in [7, 11) is 1.69. The minimum Gasteiger partial charge on any atom is -0.374 e. The van der Waals surface area contributed by atoms with Crippen LogP contribution < -0.4 is 5.32 Å². The first-order chi connectivity index (χ1) is 10.1. The Morgan fingerprint density at radius 1 is 1.10 bits per heavy atom. The number of methoxy groups -OCH3 is 1. The lowest BCUT2D eigenvalue weighted by molar-refractivity contribution is -0.120. The summed E-state index contributed by atoms with van der Waals surface area (Å²) in [6, 6.07) is 14.4. The summed E-state index contributed by atoms with van der Waals surface area (Å²) in [5.74, 6) is -0.0473. The van der Waals surface area contributed by atoms with Gasteiger partial charge < -0.3 is 10.1 Å². The maximum atomic E-state index is 11.6. The number of aryl methyl sites for hydroxylation is 1. The molecule has 3 nitrogen and oxygen atoms in total. The van der Waals surface area contributed by atoms with Crippen molar-refractivity contribution in [1.82, 2.24) is 5.32 Å². The summed E-state index contributed by atoms with van der Waals surface area (Å²) in [4.78, 5) is 11.6. The maximum absolute atomic E-state index is 11.6. The molecule has 2 atom stereocenters. The molecule has 108 valence electrons. The Hall–Kier alpha value is -2.13. The molecular weight excluding hydrogens is 262 g/mol. The Morgan fingerprint density at radius 2 is 1.81 bits per heavy atom. The van der Waals surface area contributed by atoms with Crippen LogP contribution in [-0.4, -0.2) is 13.0 Å². The van der Waals surface area contributed by atoms with Gasteiger partial charge in [0.15, 0.2) is 0 Å². The van der Waals surface area contributed by atoms with Crippen molar-refractivity contribution in [1.29, 1.82) is 0 Å². The Bertz CT molecular complexity index is 693. The Morgan fingerprint density at radius 3 is 2.52 bits per heavy atom. The summed E-state index contributed by atoms with van der Waals surface area (Å²) in [5.41, 5.74) is 5.77. The van der Waals surface area contributed by atoms with E-state index in [1.54, 1.807) is 14.0 Å². The second-order valence-electron chi connectivity index (χ2n) is 5.51. The molecule has 0 saturated heterocycles. The van der Waals surface area contributed by atoms with Crippen molar-refractivity contribution in [3.05, 3.63) is 59.2 Å². The van der Waals surface area contributed by atoms with Gasteiger partial charge in [0, 0.05) is 14.0 Å². The van der Waals surface area contributed by atoms with Crippen molar-refractivity contribution < 1.29 is 9.53 Å². The molecule has 0 saturated carbocycles. The topological polar surface area (TPSA) is 38.3 Å². The minimum absolute atomic E-state index is 0.0473. The fourth-order valence-corrected chi connectivity index (χ4v) is 3.15. The molecular formula is C18H19NO2. The molecule has 3 rings (SSSR count). The first-order valence-corrected chi connectivity index (χ1v) is 7.11. The van der Waals surface area contributed by atoms with Crippen molar-refractivity contribution in [2.75, 3.05) is 7.11 Å². The molecule has 1 N–H and O–H groups in total. The van der Waals surface area contributed by atoms with Crippen LogP contribution in [-0.2, 0) is 9.53 Å². The van der Waals surface area contributed by atoms with Gasteiger partial charge in [-0.1, -0.05) is 48.0 Å². The van der Waals surface area contributed by atoms with Crippen LogP contribution in [0.2, 0.25) is 0 Å². The number of nitrogens with one attached hydrogen (secondary N) is 1. The first kappa shape index (κ1) is 13.8. The number of carbonyl (C=O) groups excluding carboxylic acids is 1. The number of hydrogen-bond donors (Lipinski definition) is 1. The zero-order valence-electron chi connectivity index (χ0n) is 12.5. The monoisotopic (exact) mass is 281 g/mol. The molecule has 0 fully saturated rings. The fourth-order valence-electron chi connectivity index (χ4n) is 3.15. The van der Waals surface area contributed by atoms with E-state index in [2.05, 4.69) is 42.6 Å². The maximum Gasteiger partial charge on any atom is 0.217 e. The third-order valence-corrected chi connectivity index (χ3v) is 4.02. The second kappa shape index (κ2) is 5.34. The molecule has 1 aliphatic rings. The average molecular weight is 281 g/mol. The van der Waals surface area contributed by atoms with E-state index in [4.69, 9.17) is 4.74 Å². The van der Waals surface area contributed by atoms with Gasteiger partial charge in [0.1, 0.15) is 6.10 Å². The lowest BCUT2D eigenvalue weighted by Gasteiger charge is -2.35. The van der Waals surface area contributed by atoms with Crippen molar-refractivity contribution in [2.45, 2.75) is 26.0 Å². The molecule has 0 aliphatic heterocycles. The molecule has 21 heavy (non-hydrogen) atoms. The fraction of sp³-hybridized carbons (Fsp3) is 0.278. The Balaban J connectivity index is 2.24. The van der Waals surface area contributed by atoms with Crippen molar-refractivity contribution >= 4 is 5.91 Å². The highest BCUT2D eigenvalue weighted by Crippen LogP contribution is 2.46. The van der Waals surface area contributed by atoms with Crippen LogP contribution in [0.4, 0.5) is 0 Å². The van der Waals surface area contributed by atoms with Crippen LogP contribution in [0.25, 0.3) is 11.1 Å². The van der Waals surface area contributed by atoms with Gasteiger partial charge >= 0.3 is 0 Å². The van der Waals surface area contributed by atoms with Crippen LogP contribution >= 0.6 is 0 Å². The Kier molecular flexibility index (Phi) is 3.52. The van der Waals surface area contributed by atoms with Gasteiger partial charge in [0.2, 0.25) is 5.91 Å². The van der Waals surface area contributed by atoms with Gasteiger partial charge in [0.05, 0.1) is 6.04 Å². The number of rotatable bonds is 2. The van der Waals surface area contributed by atoms with Gasteiger partial charge in [-0.05, 0) is 29.2 Å². The molecule has 0 spiro atoms. The number of carbonyl (C=O) groups is 1. The smallest absolute Gasteiger partial charge is 0.217 e. The van der Waals surface area contributed by atoms with Crippen LogP contribution in [0.5, 0.6) is 0 Å². The third kappa shape index (κ3) is 2.34. The van der Waals surface area contributed by atoms with Gasteiger partial charge in [-0.25, -0.2) is 0 Å². The largest absolute Gasteiger partial charge is 0.374 e. The van der Waals surface area contributed by atoms with E-state index in [1.165, 1.54) is 16.7 Å². The summed E-state index contributed by atoms with van der Waals surface area (Å²) < 4.78 is 5.71. The van der Waals surface area contributed by atoms with E-state index < -0.39 is 0 Å². The molecule has 3 heteroatoms. The van der Waals surface area contributed by atoms with Crippen molar-refractivity contribution in [3.8, 4) is 11.1 Å². The average Bonchev–Trinajstić information content (AvgIpc) is 2.47. The van der Waals surface area contributed by atoms with Crippen LogP contribution in [0.15, 0.2) is 42.5 Å². The van der Waals surface area contributed by atoms with Gasteiger partial charge in [-0.2, -0.15) is 0 Å². The predicted octanol–water partition coefficient (Wildman–Crippen LogP) is 3.54. The van der Waals surface area contributed by atoms with Crippen molar-refractivity contribution in [3.63, 3.8) is 0 Å². The molecule has 0 unspecified atom stereocenters. The predicted molar refractivity (Wildman–Crippen MR) is 82.9 cm³/mol. The number of benzene rings is 2. The number of hydrogen-bond acceptors (Lipinski definition) is 2. The molecule has 0 aromatic heterocycles. The third-order valence-electron chi connectivity index (χ3n) is 4.02. The molecule has 0 heterocycles. The van der Waals surface area contributed by atoms with E-state index >= 15 is 0 Å². The summed E-state index contributed by atoms with van der Waals surface area (Å²) in [5, 5.41) is 3.04. The highest BCUT2D eigenvalue weighted by molar-refractivity contribution is 5.78. The molecule has 2 aromatic rings. The quantitative estimate of drug-likeness (QED) is 0.914. The van der Waals surface area contributed by atoms with E-state index in [1.807, 2.05) is 12.1 Å². The molecule has 0 bridgehead atoms. The number of ether oxygens (including phenoxy) is 1. The highest BCUT2D eigenvalue weighted by atomic mass is 16.5. The van der Waals surface area contributed by atoms with Gasteiger partial charge in [-0.3, -0.25) is 4.79 Å². The summed E-state index contributed by atoms with van der Waals surface area (Å²) >= 11 is 0. The summed E-state index contributed by atoms with van der Waals surface area (Å²) in [6.45, 7) is 3.61. The van der Waals surface area contributed by atoms with E-state index in [-0.39, 0.29) is 18.1 Å². The highest BCUT2D eigenvalue weighted by Gasteiger charge is 2.34. The van der Waals surface area contributed by atoms with E-state index in [9.17, 15) is 4.79 Å². The number of fused-ring (bicyclic) bond motifs is 3. The molecule has 2 aromatic carbocycles. The minimum atomic E-state index is -0.167. The normalized spacial score (nSPS) is 19.6. The van der Waals surface area contributed by atoms with Crippen LogP contribution in [0.3, 0.4) is 0 Å². The number of amides is 1. The standard InChI is InChI=1S/C18H19NO2/c1-11-8-9-14-13-6-4-5-7-15(13)18(21-3)17(16(14)10-11)19-12(2)20/h4-10,17-18H,1-3H3,(H,19,20)/t17-,18+/m0/s1. The van der Waals surface area contributed by atoms with E-state index in [0.717, 1.165) is 11.1 Å². The van der Waals surface area contributed by atoms with E-state index in [0.29, 0.717) is 0 Å². The SMILES string of the molecule is CO[C@@H]1c2ccccc2-c2ccc(C)cc2[C@@H]1NC(C)=O. The van der Waals surface area contributed by atoms with Crippen LogP contribution in [0.1, 0.15) is 35.8 Å². The second-order valence-corrected chi connectivity index (χ2v) is 5.51. The first-order valence-electron chi connectivity index (χ1n) is 7.11. The molecule has 1 amide bonds. The summed E-state index contributed by atoms with van der Waals surface area (Å²) in [6.07, 6.45) is -0.167.